The molecule has 5 heteroatoms. The molecule has 20 heavy (non-hydrogen) atoms. The predicted molar refractivity (Wildman–Crippen MR) is 75.2 cm³/mol. The van der Waals surface area contributed by atoms with Crippen molar-refractivity contribution in [2.75, 3.05) is 20.1 Å². The average Bonchev–Trinajstić information content (AvgIpc) is 3.07. The van der Waals surface area contributed by atoms with Crippen LogP contribution in [0.4, 0.5) is 0 Å². The van der Waals surface area contributed by atoms with Crippen molar-refractivity contribution >= 4 is 5.97 Å². The SMILES string of the molecule is Cc1ccn(C2CC23CCN(C)CC3)c(=O)c1C(=O)O. The van der Waals surface area contributed by atoms with Gasteiger partial charge in [0.05, 0.1) is 0 Å². The second-order valence-corrected chi connectivity index (χ2v) is 6.28. The molecule has 0 amide bonds. The van der Waals surface area contributed by atoms with E-state index >= 15 is 0 Å². The molecular weight excluding hydrogens is 256 g/mol. The zero-order valence-corrected chi connectivity index (χ0v) is 11.9. The van der Waals surface area contributed by atoms with E-state index in [2.05, 4.69) is 11.9 Å². The van der Waals surface area contributed by atoms with E-state index in [0.717, 1.165) is 32.4 Å². The highest BCUT2D eigenvalue weighted by Gasteiger charge is 2.56. The number of hydrogen-bond donors (Lipinski definition) is 1. The van der Waals surface area contributed by atoms with E-state index in [4.69, 9.17) is 0 Å². The number of carboxylic acids is 1. The first-order valence-electron chi connectivity index (χ1n) is 7.08. The van der Waals surface area contributed by atoms with E-state index in [-0.39, 0.29) is 22.6 Å². The van der Waals surface area contributed by atoms with Gasteiger partial charge in [0.1, 0.15) is 5.56 Å². The fourth-order valence-electron chi connectivity index (χ4n) is 3.47. The Balaban J connectivity index is 1.92. The normalized spacial score (nSPS) is 24.8. The summed E-state index contributed by atoms with van der Waals surface area (Å²) >= 11 is 0. The lowest BCUT2D eigenvalue weighted by Crippen LogP contribution is -2.34. The van der Waals surface area contributed by atoms with E-state index < -0.39 is 5.97 Å². The highest BCUT2D eigenvalue weighted by molar-refractivity contribution is 5.88. The van der Waals surface area contributed by atoms with E-state index in [0.29, 0.717) is 5.56 Å². The Bertz CT molecular complexity index is 612. The molecule has 1 aromatic rings. The van der Waals surface area contributed by atoms with Crippen molar-refractivity contribution in [2.24, 2.45) is 5.41 Å². The molecule has 1 unspecified atom stereocenters. The van der Waals surface area contributed by atoms with Crippen LogP contribution in [0.25, 0.3) is 0 Å². The van der Waals surface area contributed by atoms with Crippen LogP contribution in [-0.2, 0) is 0 Å². The minimum Gasteiger partial charge on any atom is -0.477 e. The summed E-state index contributed by atoms with van der Waals surface area (Å²) in [6, 6.07) is 1.92. The van der Waals surface area contributed by atoms with E-state index in [9.17, 15) is 14.7 Å². The van der Waals surface area contributed by atoms with Gasteiger partial charge in [-0.25, -0.2) is 4.79 Å². The van der Waals surface area contributed by atoms with Crippen molar-refractivity contribution in [3.63, 3.8) is 0 Å². The van der Waals surface area contributed by atoms with Crippen LogP contribution in [-0.4, -0.2) is 40.7 Å². The number of aromatic nitrogens is 1. The average molecular weight is 276 g/mol. The van der Waals surface area contributed by atoms with Crippen LogP contribution in [0.2, 0.25) is 0 Å². The molecule has 1 spiro atoms. The summed E-state index contributed by atoms with van der Waals surface area (Å²) in [5, 5.41) is 9.19. The van der Waals surface area contributed by atoms with Gasteiger partial charge in [0.2, 0.25) is 0 Å². The second-order valence-electron chi connectivity index (χ2n) is 6.28. The van der Waals surface area contributed by atoms with Crippen molar-refractivity contribution in [2.45, 2.75) is 32.2 Å². The van der Waals surface area contributed by atoms with Crippen LogP contribution in [0.5, 0.6) is 0 Å². The molecule has 1 atom stereocenters. The Hall–Kier alpha value is -1.62. The monoisotopic (exact) mass is 276 g/mol. The van der Waals surface area contributed by atoms with Gasteiger partial charge in [-0.1, -0.05) is 0 Å². The van der Waals surface area contributed by atoms with Crippen LogP contribution in [0.1, 0.15) is 41.2 Å². The molecule has 108 valence electrons. The minimum absolute atomic E-state index is 0.0810. The highest BCUT2D eigenvalue weighted by atomic mass is 16.4. The Morgan fingerprint density at radius 3 is 2.65 bits per heavy atom. The number of carbonyl (C=O) groups is 1. The quantitative estimate of drug-likeness (QED) is 0.889. The number of pyridine rings is 1. The lowest BCUT2D eigenvalue weighted by atomic mass is 9.93. The number of carboxylic acid groups (broad SMARTS) is 1. The Morgan fingerprint density at radius 1 is 1.40 bits per heavy atom. The third-order valence-electron chi connectivity index (χ3n) is 5.01. The molecule has 2 heterocycles. The second kappa shape index (κ2) is 4.45. The van der Waals surface area contributed by atoms with Gasteiger partial charge in [-0.3, -0.25) is 4.79 Å². The van der Waals surface area contributed by atoms with Gasteiger partial charge in [0.25, 0.3) is 5.56 Å². The summed E-state index contributed by atoms with van der Waals surface area (Å²) in [5.74, 6) is -1.13. The summed E-state index contributed by atoms with van der Waals surface area (Å²) in [6.07, 6.45) is 4.96. The van der Waals surface area contributed by atoms with Crippen LogP contribution in [0.15, 0.2) is 17.1 Å². The summed E-state index contributed by atoms with van der Waals surface area (Å²) in [7, 11) is 2.12. The number of aromatic carboxylic acids is 1. The molecule has 1 saturated heterocycles. The third kappa shape index (κ3) is 1.97. The molecule has 0 bridgehead atoms. The van der Waals surface area contributed by atoms with Crippen LogP contribution in [0.3, 0.4) is 0 Å². The number of hydrogen-bond acceptors (Lipinski definition) is 3. The number of piperidine rings is 1. The van der Waals surface area contributed by atoms with Crippen molar-refractivity contribution in [1.29, 1.82) is 0 Å². The first-order chi connectivity index (χ1) is 9.44. The van der Waals surface area contributed by atoms with Crippen molar-refractivity contribution in [1.82, 2.24) is 9.47 Å². The molecule has 0 radical (unpaired) electrons. The van der Waals surface area contributed by atoms with Gasteiger partial charge in [-0.15, -0.1) is 0 Å². The van der Waals surface area contributed by atoms with Crippen LogP contribution < -0.4 is 5.56 Å². The van der Waals surface area contributed by atoms with E-state index in [1.165, 1.54) is 0 Å². The molecule has 1 aromatic heterocycles. The predicted octanol–water partition coefficient (Wildman–Crippen LogP) is 1.51. The maximum atomic E-state index is 12.4. The topological polar surface area (TPSA) is 62.5 Å². The molecule has 5 nitrogen and oxygen atoms in total. The van der Waals surface area contributed by atoms with Crippen molar-refractivity contribution < 1.29 is 9.90 Å². The fraction of sp³-hybridized carbons (Fsp3) is 0.600. The van der Waals surface area contributed by atoms with Gasteiger partial charge in [-0.2, -0.15) is 0 Å². The van der Waals surface area contributed by atoms with E-state index in [1.807, 2.05) is 0 Å². The molecule has 2 aliphatic rings. The standard InChI is InChI=1S/C15H20N2O3/c1-10-3-6-17(13(18)12(10)14(19)20)11-9-15(11)4-7-16(2)8-5-15/h3,6,11H,4-5,7-9H2,1-2H3,(H,19,20). The lowest BCUT2D eigenvalue weighted by Gasteiger charge is -2.30. The summed E-state index contributed by atoms with van der Waals surface area (Å²) in [6.45, 7) is 3.79. The summed E-state index contributed by atoms with van der Waals surface area (Å²) in [5.41, 5.74) is 0.332. The molecule has 1 aliphatic heterocycles. The molecule has 2 fully saturated rings. The van der Waals surface area contributed by atoms with Crippen molar-refractivity contribution in [3.8, 4) is 0 Å². The zero-order valence-electron chi connectivity index (χ0n) is 11.9. The van der Waals surface area contributed by atoms with Gasteiger partial charge in [0, 0.05) is 12.2 Å². The van der Waals surface area contributed by atoms with Crippen molar-refractivity contribution in [3.05, 3.63) is 33.7 Å². The number of aryl methyl sites for hydroxylation is 1. The molecule has 3 rings (SSSR count). The number of nitrogens with zero attached hydrogens (tertiary/aromatic N) is 2. The highest BCUT2D eigenvalue weighted by Crippen LogP contribution is 2.61. The number of likely N-dealkylation sites (tertiary alicyclic amines) is 1. The molecule has 1 aliphatic carbocycles. The number of rotatable bonds is 2. The largest absolute Gasteiger partial charge is 0.477 e. The van der Waals surface area contributed by atoms with E-state index in [1.54, 1.807) is 23.8 Å². The molecule has 1 saturated carbocycles. The first kappa shape index (κ1) is 13.4. The zero-order chi connectivity index (χ0) is 14.5. The first-order valence-corrected chi connectivity index (χ1v) is 7.08. The summed E-state index contributed by atoms with van der Waals surface area (Å²) in [4.78, 5) is 25.9. The van der Waals surface area contributed by atoms with Gasteiger partial charge >= 0.3 is 5.97 Å². The fourth-order valence-corrected chi connectivity index (χ4v) is 3.47. The van der Waals surface area contributed by atoms with Gasteiger partial charge in [-0.05, 0) is 63.4 Å². The minimum atomic E-state index is -1.13. The maximum absolute atomic E-state index is 12.4. The Morgan fingerprint density at radius 2 is 2.05 bits per heavy atom. The van der Waals surface area contributed by atoms with Gasteiger partial charge < -0.3 is 14.6 Å². The smallest absolute Gasteiger partial charge is 0.341 e. The molecule has 1 N–H and O–H groups in total. The van der Waals surface area contributed by atoms with Gasteiger partial charge in [0.15, 0.2) is 0 Å². The Labute approximate surface area is 117 Å². The maximum Gasteiger partial charge on any atom is 0.341 e. The Kier molecular flexibility index (Phi) is 2.97. The molecule has 0 aromatic carbocycles. The van der Waals surface area contributed by atoms with Crippen LogP contribution >= 0.6 is 0 Å². The summed E-state index contributed by atoms with van der Waals surface area (Å²) < 4.78 is 1.65. The lowest BCUT2D eigenvalue weighted by molar-refractivity contribution is 0.0693. The van der Waals surface area contributed by atoms with Crippen LogP contribution in [0, 0.1) is 12.3 Å². The molecular formula is C15H20N2O3. The third-order valence-corrected chi connectivity index (χ3v) is 5.01.